The Hall–Kier alpha value is -2.59. The van der Waals surface area contributed by atoms with Crippen LogP contribution in [0, 0.1) is 6.92 Å². The zero-order chi connectivity index (χ0) is 35.9. The summed E-state index contributed by atoms with van der Waals surface area (Å²) in [4.78, 5) is 7.27. The SMILES string of the molecule is Cc1ccc(SCCCN(CCS(C)(=O)=O)CC(O)C(O)C(O)C(O)CO)cc1COC1(c2cnccc2-c2ccccc2OC2CC2)CC1. The van der Waals surface area contributed by atoms with Crippen molar-refractivity contribution in [3.05, 3.63) is 77.6 Å². The maximum absolute atomic E-state index is 11.8. The highest BCUT2D eigenvalue weighted by Crippen LogP contribution is 2.53. The molecule has 3 aromatic rings. The Kier molecular flexibility index (Phi) is 13.4. The third-order valence-electron chi connectivity index (χ3n) is 9.27. The number of pyridine rings is 1. The van der Waals surface area contributed by atoms with Crippen LogP contribution in [0.15, 0.2) is 65.8 Å². The minimum atomic E-state index is -3.28. The molecule has 2 aliphatic rings. The van der Waals surface area contributed by atoms with Gasteiger partial charge in [-0.05, 0) is 92.3 Å². The standard InChI is InChI=1S/C37H50N2O9S2/c1-25-8-11-28(49-18-5-16-39(17-19-50(2,45)46)22-32(41)35(43)36(44)33(42)23-40)20-26(25)24-47-37(13-14-37)31-21-38-15-12-29(31)30-6-3-4-7-34(30)48-27-9-10-27/h3-4,6-8,11-12,15,20-21,27,32-33,35-36,40-44H,5,9-10,13-14,16-19,22-24H2,1-2H3. The van der Waals surface area contributed by atoms with E-state index < -0.39 is 46.5 Å². The molecule has 2 aliphatic carbocycles. The lowest BCUT2D eigenvalue weighted by atomic mass is 9.96. The molecule has 2 aromatic carbocycles. The van der Waals surface area contributed by atoms with Crippen LogP contribution in [0.1, 0.15) is 48.8 Å². The third-order valence-corrected chi connectivity index (χ3v) is 11.3. The fourth-order valence-corrected chi connectivity index (χ4v) is 7.36. The highest BCUT2D eigenvalue weighted by Gasteiger charge is 2.48. The molecule has 2 fully saturated rings. The Morgan fingerprint density at radius 2 is 1.74 bits per heavy atom. The maximum Gasteiger partial charge on any atom is 0.148 e. The first-order valence-electron chi connectivity index (χ1n) is 17.2. The number of thioether (sulfide) groups is 1. The Bertz CT molecular complexity index is 1670. The summed E-state index contributed by atoms with van der Waals surface area (Å²) in [5.74, 6) is 1.48. The lowest BCUT2D eigenvalue weighted by molar-refractivity contribution is -0.119. The fraction of sp³-hybridized carbons (Fsp3) is 0.541. The number of ether oxygens (including phenoxy) is 2. The number of rotatable bonds is 21. The van der Waals surface area contributed by atoms with E-state index in [0.717, 1.165) is 70.4 Å². The molecular weight excluding hydrogens is 681 g/mol. The summed E-state index contributed by atoms with van der Waals surface area (Å²) < 4.78 is 36.6. The first kappa shape index (κ1) is 38.6. The molecule has 0 amide bonds. The van der Waals surface area contributed by atoms with Crippen molar-refractivity contribution in [3.8, 4) is 16.9 Å². The second-order valence-corrected chi connectivity index (χ2v) is 17.0. The van der Waals surface area contributed by atoms with Crippen LogP contribution in [0.25, 0.3) is 11.1 Å². The van der Waals surface area contributed by atoms with E-state index in [1.54, 1.807) is 16.7 Å². The van der Waals surface area contributed by atoms with Gasteiger partial charge in [0, 0.05) is 47.8 Å². The first-order chi connectivity index (χ1) is 23.9. The number of benzene rings is 2. The van der Waals surface area contributed by atoms with Gasteiger partial charge in [0.1, 0.15) is 33.9 Å². The zero-order valence-electron chi connectivity index (χ0n) is 28.7. The van der Waals surface area contributed by atoms with E-state index >= 15 is 0 Å². The normalized spacial score (nSPS) is 18.1. The molecule has 0 radical (unpaired) electrons. The van der Waals surface area contributed by atoms with E-state index in [0.29, 0.717) is 31.4 Å². The van der Waals surface area contributed by atoms with E-state index in [-0.39, 0.29) is 18.8 Å². The van der Waals surface area contributed by atoms with Crippen LogP contribution in [0.2, 0.25) is 0 Å². The molecule has 274 valence electrons. The monoisotopic (exact) mass is 730 g/mol. The molecule has 0 saturated heterocycles. The molecule has 1 heterocycles. The van der Waals surface area contributed by atoms with Crippen molar-refractivity contribution in [1.82, 2.24) is 9.88 Å². The summed E-state index contributed by atoms with van der Waals surface area (Å²) in [6.45, 7) is 2.22. The summed E-state index contributed by atoms with van der Waals surface area (Å²) in [6.07, 6.45) is 3.31. The van der Waals surface area contributed by atoms with Crippen LogP contribution in [0.4, 0.5) is 0 Å². The van der Waals surface area contributed by atoms with Crippen LogP contribution in [-0.4, -0.2) is 118 Å². The van der Waals surface area contributed by atoms with Crippen molar-refractivity contribution in [2.75, 3.05) is 44.0 Å². The molecule has 4 unspecified atom stereocenters. The van der Waals surface area contributed by atoms with Gasteiger partial charge in [-0.1, -0.05) is 24.3 Å². The third kappa shape index (κ3) is 10.7. The Morgan fingerprint density at radius 1 is 1.00 bits per heavy atom. The van der Waals surface area contributed by atoms with Gasteiger partial charge in [-0.15, -0.1) is 11.8 Å². The largest absolute Gasteiger partial charge is 0.490 e. The van der Waals surface area contributed by atoms with Crippen LogP contribution in [0.5, 0.6) is 5.75 Å². The molecule has 13 heteroatoms. The van der Waals surface area contributed by atoms with E-state index in [4.69, 9.17) is 14.6 Å². The van der Waals surface area contributed by atoms with Crippen LogP contribution < -0.4 is 4.74 Å². The molecule has 5 rings (SSSR count). The Morgan fingerprint density at radius 3 is 2.44 bits per heavy atom. The van der Waals surface area contributed by atoms with Gasteiger partial charge in [-0.3, -0.25) is 9.88 Å². The van der Waals surface area contributed by atoms with Crippen molar-refractivity contribution in [3.63, 3.8) is 0 Å². The Labute approximate surface area is 299 Å². The van der Waals surface area contributed by atoms with E-state index in [9.17, 15) is 28.8 Å². The number of aryl methyl sites for hydroxylation is 1. The highest BCUT2D eigenvalue weighted by atomic mass is 32.2. The van der Waals surface area contributed by atoms with Gasteiger partial charge in [-0.25, -0.2) is 8.42 Å². The molecule has 0 bridgehead atoms. The van der Waals surface area contributed by atoms with Gasteiger partial charge in [-0.2, -0.15) is 0 Å². The molecule has 5 N–H and O–H groups in total. The predicted octanol–water partition coefficient (Wildman–Crippen LogP) is 3.07. The molecule has 2 saturated carbocycles. The van der Waals surface area contributed by atoms with Crippen LogP contribution in [-0.2, 0) is 26.8 Å². The van der Waals surface area contributed by atoms with Crippen molar-refractivity contribution in [2.24, 2.45) is 0 Å². The van der Waals surface area contributed by atoms with Crippen molar-refractivity contribution >= 4 is 21.6 Å². The average molecular weight is 731 g/mol. The number of aromatic nitrogens is 1. The number of aliphatic hydroxyl groups is 5. The quantitative estimate of drug-likeness (QED) is 0.0804. The number of aliphatic hydroxyl groups excluding tert-OH is 5. The summed E-state index contributed by atoms with van der Waals surface area (Å²) in [7, 11) is -3.28. The van der Waals surface area contributed by atoms with E-state index in [1.165, 1.54) is 0 Å². The number of hydrogen-bond donors (Lipinski definition) is 5. The lowest BCUT2D eigenvalue weighted by Gasteiger charge is -2.30. The number of para-hydroxylation sites is 1. The highest BCUT2D eigenvalue weighted by molar-refractivity contribution is 7.99. The van der Waals surface area contributed by atoms with E-state index in [2.05, 4.69) is 36.2 Å². The summed E-state index contributed by atoms with van der Waals surface area (Å²) >= 11 is 1.67. The first-order valence-corrected chi connectivity index (χ1v) is 20.2. The second-order valence-electron chi connectivity index (χ2n) is 13.5. The summed E-state index contributed by atoms with van der Waals surface area (Å²) in [6, 6.07) is 16.5. The molecule has 50 heavy (non-hydrogen) atoms. The molecule has 0 aliphatic heterocycles. The predicted molar refractivity (Wildman–Crippen MR) is 193 cm³/mol. The van der Waals surface area contributed by atoms with Gasteiger partial charge in [0.05, 0.1) is 36.8 Å². The molecular formula is C37H50N2O9S2. The Balaban J connectivity index is 1.18. The maximum atomic E-state index is 11.8. The van der Waals surface area contributed by atoms with Gasteiger partial charge in [0.25, 0.3) is 0 Å². The lowest BCUT2D eigenvalue weighted by Crippen LogP contribution is -2.50. The van der Waals surface area contributed by atoms with Crippen molar-refractivity contribution in [1.29, 1.82) is 0 Å². The number of sulfone groups is 1. The van der Waals surface area contributed by atoms with Crippen LogP contribution >= 0.6 is 11.8 Å². The topological polar surface area (TPSA) is 170 Å². The van der Waals surface area contributed by atoms with Gasteiger partial charge in [0.2, 0.25) is 0 Å². The van der Waals surface area contributed by atoms with Gasteiger partial charge >= 0.3 is 0 Å². The van der Waals surface area contributed by atoms with Crippen LogP contribution in [0.3, 0.4) is 0 Å². The van der Waals surface area contributed by atoms with Gasteiger partial charge in [0.15, 0.2) is 0 Å². The molecule has 0 spiro atoms. The van der Waals surface area contributed by atoms with Crippen molar-refractivity contribution in [2.45, 2.75) is 86.7 Å². The minimum Gasteiger partial charge on any atom is -0.490 e. The van der Waals surface area contributed by atoms with Gasteiger partial charge < -0.3 is 35.0 Å². The average Bonchev–Trinajstić information content (AvgIpc) is 4.05. The van der Waals surface area contributed by atoms with E-state index in [1.807, 2.05) is 36.7 Å². The van der Waals surface area contributed by atoms with Crippen molar-refractivity contribution < 1.29 is 43.4 Å². The minimum absolute atomic E-state index is 0.109. The molecule has 11 nitrogen and oxygen atoms in total. The summed E-state index contributed by atoms with van der Waals surface area (Å²) in [5, 5.41) is 49.5. The number of hydrogen-bond acceptors (Lipinski definition) is 12. The number of nitrogens with zero attached hydrogens (tertiary/aromatic N) is 2. The fourth-order valence-electron chi connectivity index (χ4n) is 5.87. The zero-order valence-corrected chi connectivity index (χ0v) is 30.4. The summed E-state index contributed by atoms with van der Waals surface area (Å²) in [5.41, 5.74) is 5.03. The molecule has 4 atom stereocenters. The smallest absolute Gasteiger partial charge is 0.148 e. The molecule has 1 aromatic heterocycles. The second kappa shape index (κ2) is 17.3.